The van der Waals surface area contributed by atoms with Gasteiger partial charge >= 0.3 is 39.5 Å². The van der Waals surface area contributed by atoms with Crippen LogP contribution in [0.15, 0.2) is 0 Å². The average Bonchev–Trinajstić information content (AvgIpc) is 3.59. The van der Waals surface area contributed by atoms with E-state index in [4.69, 9.17) is 37.0 Å². The molecule has 0 saturated carbocycles. The fourth-order valence-corrected chi connectivity index (χ4v) is 11.8. The molecule has 0 aliphatic carbocycles. The van der Waals surface area contributed by atoms with Gasteiger partial charge in [-0.25, -0.2) is 9.13 Å². The van der Waals surface area contributed by atoms with Crippen molar-refractivity contribution >= 4 is 39.5 Å². The standard InChI is InChI=1S/C69H134O17P2/c1-9-61(7)47-39-31-23-19-20-26-36-44-52-69(74)86-65(56-80-67(72)50-42-34-28-27-32-40-48-62(8)10-2)58-84-88(77,78)82-54-63(70)53-81-87(75,76)83-57-64(55-79-66(71)49-41-33-24-18-14-16-22-30-38-46-60(5)6)85-68(73)51-43-35-25-17-13-11-12-15-21-29-37-45-59(3)4/h59-65,70H,9-58H2,1-8H3,(H,75,76)(H,77,78)/t61?,62?,63-,64-,65-/m1/s1. The predicted molar refractivity (Wildman–Crippen MR) is 354 cm³/mol. The molecule has 0 rings (SSSR count). The lowest BCUT2D eigenvalue weighted by atomic mass is 9.99. The molecule has 0 fully saturated rings. The van der Waals surface area contributed by atoms with Gasteiger partial charge < -0.3 is 33.8 Å². The predicted octanol–water partition coefficient (Wildman–Crippen LogP) is 19.3. The Kier molecular flexibility index (Phi) is 57.6. The van der Waals surface area contributed by atoms with Crippen LogP contribution in [0.1, 0.15) is 338 Å². The minimum Gasteiger partial charge on any atom is -0.462 e. The highest BCUT2D eigenvalue weighted by molar-refractivity contribution is 7.47. The smallest absolute Gasteiger partial charge is 0.462 e. The number of esters is 4. The summed E-state index contributed by atoms with van der Waals surface area (Å²) in [5.74, 6) is 0.877. The molecule has 0 heterocycles. The number of hydrogen-bond acceptors (Lipinski definition) is 15. The van der Waals surface area contributed by atoms with Crippen molar-refractivity contribution < 1.29 is 80.2 Å². The largest absolute Gasteiger partial charge is 0.472 e. The van der Waals surface area contributed by atoms with E-state index in [9.17, 15) is 43.2 Å². The number of unbranched alkanes of at least 4 members (excludes halogenated alkanes) is 30. The number of ether oxygens (including phenoxy) is 4. The van der Waals surface area contributed by atoms with Gasteiger partial charge in [0.25, 0.3) is 0 Å². The third-order valence-electron chi connectivity index (χ3n) is 16.5. The first-order valence-electron chi connectivity index (χ1n) is 35.8. The second-order valence-corrected chi connectivity index (χ2v) is 29.3. The lowest BCUT2D eigenvalue weighted by Gasteiger charge is -2.21. The van der Waals surface area contributed by atoms with E-state index in [1.165, 1.54) is 135 Å². The Hall–Kier alpha value is -1.94. The summed E-state index contributed by atoms with van der Waals surface area (Å²) in [7, 11) is -9.90. The summed E-state index contributed by atoms with van der Waals surface area (Å²) in [6.45, 7) is 14.1. The fraction of sp³-hybridized carbons (Fsp3) is 0.942. The van der Waals surface area contributed by atoms with Crippen LogP contribution in [0.5, 0.6) is 0 Å². The van der Waals surface area contributed by atoms with Crippen LogP contribution in [0.2, 0.25) is 0 Å². The van der Waals surface area contributed by atoms with Crippen LogP contribution in [0, 0.1) is 23.7 Å². The van der Waals surface area contributed by atoms with Crippen LogP contribution in [0.25, 0.3) is 0 Å². The van der Waals surface area contributed by atoms with Crippen molar-refractivity contribution in [1.29, 1.82) is 0 Å². The van der Waals surface area contributed by atoms with Crippen molar-refractivity contribution in [3.05, 3.63) is 0 Å². The maximum atomic E-state index is 13.0. The van der Waals surface area contributed by atoms with Crippen LogP contribution in [0.4, 0.5) is 0 Å². The van der Waals surface area contributed by atoms with E-state index in [0.717, 1.165) is 120 Å². The zero-order valence-electron chi connectivity index (χ0n) is 57.3. The summed E-state index contributed by atoms with van der Waals surface area (Å²) in [5, 5.41) is 10.6. The Morgan fingerprint density at radius 1 is 0.318 bits per heavy atom. The second kappa shape index (κ2) is 58.8. The molecule has 0 bridgehead atoms. The van der Waals surface area contributed by atoms with Gasteiger partial charge in [0, 0.05) is 25.7 Å². The topological polar surface area (TPSA) is 237 Å². The van der Waals surface area contributed by atoms with Gasteiger partial charge in [-0.1, -0.05) is 287 Å². The molecule has 0 amide bonds. The van der Waals surface area contributed by atoms with E-state index in [2.05, 4.69) is 55.4 Å². The Labute approximate surface area is 537 Å². The molecule has 522 valence electrons. The summed E-state index contributed by atoms with van der Waals surface area (Å²) in [4.78, 5) is 72.5. The highest BCUT2D eigenvalue weighted by Crippen LogP contribution is 2.45. The Balaban J connectivity index is 5.27. The minimum absolute atomic E-state index is 0.103. The first-order valence-corrected chi connectivity index (χ1v) is 38.8. The van der Waals surface area contributed by atoms with Crippen LogP contribution in [-0.2, 0) is 65.4 Å². The molecular weight excluding hydrogens is 1160 g/mol. The lowest BCUT2D eigenvalue weighted by Crippen LogP contribution is -2.30. The first kappa shape index (κ1) is 86.1. The summed E-state index contributed by atoms with van der Waals surface area (Å²) < 4.78 is 68.2. The van der Waals surface area contributed by atoms with E-state index < -0.39 is 97.5 Å². The van der Waals surface area contributed by atoms with Crippen LogP contribution >= 0.6 is 15.6 Å². The van der Waals surface area contributed by atoms with Crippen molar-refractivity contribution in [1.82, 2.24) is 0 Å². The molecule has 0 aliphatic heterocycles. The van der Waals surface area contributed by atoms with Gasteiger partial charge in [-0.2, -0.15) is 0 Å². The fourth-order valence-electron chi connectivity index (χ4n) is 10.2. The molecular formula is C69H134O17P2. The zero-order valence-corrected chi connectivity index (χ0v) is 59.1. The lowest BCUT2D eigenvalue weighted by molar-refractivity contribution is -0.161. The van der Waals surface area contributed by atoms with Gasteiger partial charge in [0.15, 0.2) is 12.2 Å². The molecule has 88 heavy (non-hydrogen) atoms. The van der Waals surface area contributed by atoms with Gasteiger partial charge in [-0.05, 0) is 49.4 Å². The molecule has 0 aromatic heterocycles. The quantitative estimate of drug-likeness (QED) is 0.0222. The molecule has 0 saturated heterocycles. The number of phosphoric acid groups is 2. The van der Waals surface area contributed by atoms with Gasteiger partial charge in [0.2, 0.25) is 0 Å². The van der Waals surface area contributed by atoms with Crippen molar-refractivity contribution in [2.24, 2.45) is 23.7 Å². The summed E-state index contributed by atoms with van der Waals surface area (Å²) >= 11 is 0. The molecule has 4 unspecified atom stereocenters. The number of aliphatic hydroxyl groups excluding tert-OH is 1. The summed E-state index contributed by atoms with van der Waals surface area (Å²) in [5.41, 5.74) is 0. The molecule has 0 radical (unpaired) electrons. The SMILES string of the molecule is CCC(C)CCCCCCCCCCC(=O)O[C@H](COC(=O)CCCCCCCCC(C)CC)COP(=O)(O)OC[C@H](O)COP(=O)(O)OC[C@@H](COC(=O)CCCCCCCCCCCC(C)C)OC(=O)CCCCCCCCCCCCCC(C)C. The Morgan fingerprint density at radius 2 is 0.545 bits per heavy atom. The zero-order chi connectivity index (χ0) is 65.4. The van der Waals surface area contributed by atoms with Crippen LogP contribution in [0.3, 0.4) is 0 Å². The van der Waals surface area contributed by atoms with Gasteiger partial charge in [-0.15, -0.1) is 0 Å². The molecule has 19 heteroatoms. The Bertz CT molecular complexity index is 1750. The molecule has 7 atom stereocenters. The van der Waals surface area contributed by atoms with E-state index >= 15 is 0 Å². The van der Waals surface area contributed by atoms with Crippen LogP contribution in [-0.4, -0.2) is 96.7 Å². The maximum absolute atomic E-state index is 13.0. The third kappa shape index (κ3) is 60.3. The van der Waals surface area contributed by atoms with Crippen molar-refractivity contribution in [2.75, 3.05) is 39.6 Å². The molecule has 3 N–H and O–H groups in total. The van der Waals surface area contributed by atoms with Crippen molar-refractivity contribution in [3.63, 3.8) is 0 Å². The van der Waals surface area contributed by atoms with E-state index in [0.29, 0.717) is 25.7 Å². The average molecular weight is 1300 g/mol. The highest BCUT2D eigenvalue weighted by atomic mass is 31.2. The summed E-state index contributed by atoms with van der Waals surface area (Å²) in [6, 6.07) is 0. The number of hydrogen-bond donors (Lipinski definition) is 3. The van der Waals surface area contributed by atoms with E-state index in [1.54, 1.807) is 0 Å². The molecule has 0 aromatic rings. The maximum Gasteiger partial charge on any atom is 0.472 e. The normalized spacial score (nSPS) is 14.9. The second-order valence-electron chi connectivity index (χ2n) is 26.4. The van der Waals surface area contributed by atoms with E-state index in [1.807, 2.05) is 0 Å². The number of carbonyl (C=O) groups is 4. The molecule has 0 spiro atoms. The number of rotatable bonds is 66. The summed E-state index contributed by atoms with van der Waals surface area (Å²) in [6.07, 6.45) is 40.2. The van der Waals surface area contributed by atoms with Crippen molar-refractivity contribution in [3.8, 4) is 0 Å². The van der Waals surface area contributed by atoms with Gasteiger partial charge in [-0.3, -0.25) is 37.3 Å². The van der Waals surface area contributed by atoms with Gasteiger partial charge in [0.1, 0.15) is 19.3 Å². The third-order valence-corrected chi connectivity index (χ3v) is 18.4. The van der Waals surface area contributed by atoms with E-state index in [-0.39, 0.29) is 25.7 Å². The first-order chi connectivity index (χ1) is 42.2. The van der Waals surface area contributed by atoms with Crippen molar-refractivity contribution in [2.45, 2.75) is 356 Å². The number of aliphatic hydroxyl groups is 1. The number of phosphoric ester groups is 2. The minimum atomic E-state index is -4.95. The van der Waals surface area contributed by atoms with Gasteiger partial charge in [0.05, 0.1) is 26.4 Å². The Morgan fingerprint density at radius 3 is 0.807 bits per heavy atom. The molecule has 17 nitrogen and oxygen atoms in total. The number of carbonyl (C=O) groups excluding carboxylic acids is 4. The van der Waals surface area contributed by atoms with Crippen LogP contribution < -0.4 is 0 Å². The highest BCUT2D eigenvalue weighted by Gasteiger charge is 2.30. The molecule has 0 aliphatic rings. The molecule has 0 aromatic carbocycles. The monoisotopic (exact) mass is 1300 g/mol.